The standard InChI is InChI=1S/C25H50O6/c1-2-3-4-5-6-7-8-9-10-11-12-13-14-15-16-17-18-19-30-25-24(29)23(28)22(27)21(20-26)31-25/h21-29H,2-20H2,1H3/t21-,22-,23+,24-,25?/m1/s1. The number of aliphatic hydroxyl groups is 4. The van der Waals surface area contributed by atoms with Gasteiger partial charge in [0.05, 0.1) is 6.61 Å². The molecule has 1 saturated heterocycles. The SMILES string of the molecule is CCCCCCCCCCCCCCCCCCCOC1O[C@H](CO)[C@@H](O)[C@H](O)[C@H]1O. The Balaban J connectivity index is 1.84. The maximum atomic E-state index is 9.92. The van der Waals surface area contributed by atoms with E-state index in [1.54, 1.807) is 0 Å². The minimum atomic E-state index is -1.37. The molecule has 1 aliphatic rings. The Morgan fingerprint density at radius 2 is 1.00 bits per heavy atom. The molecule has 1 aliphatic heterocycles. The zero-order valence-electron chi connectivity index (χ0n) is 19.9. The fourth-order valence-electron chi connectivity index (χ4n) is 4.23. The summed E-state index contributed by atoms with van der Waals surface area (Å²) in [7, 11) is 0. The van der Waals surface area contributed by atoms with Gasteiger partial charge in [-0.05, 0) is 6.42 Å². The topological polar surface area (TPSA) is 99.4 Å². The van der Waals surface area contributed by atoms with Crippen LogP contribution in [0.5, 0.6) is 0 Å². The molecule has 0 radical (unpaired) electrons. The van der Waals surface area contributed by atoms with E-state index < -0.39 is 37.3 Å². The monoisotopic (exact) mass is 446 g/mol. The van der Waals surface area contributed by atoms with Crippen molar-refractivity contribution in [2.75, 3.05) is 13.2 Å². The van der Waals surface area contributed by atoms with Crippen LogP contribution < -0.4 is 0 Å². The van der Waals surface area contributed by atoms with Crippen molar-refractivity contribution >= 4 is 0 Å². The molecule has 0 spiro atoms. The van der Waals surface area contributed by atoms with Gasteiger partial charge in [0.2, 0.25) is 0 Å². The van der Waals surface area contributed by atoms with E-state index in [1.165, 1.54) is 96.3 Å². The van der Waals surface area contributed by atoms with E-state index in [2.05, 4.69) is 6.92 Å². The van der Waals surface area contributed by atoms with Crippen LogP contribution in [0.25, 0.3) is 0 Å². The number of rotatable bonds is 20. The normalized spacial score (nSPS) is 26.4. The van der Waals surface area contributed by atoms with Crippen LogP contribution in [-0.4, -0.2) is 64.3 Å². The first-order valence-electron chi connectivity index (χ1n) is 13.0. The van der Waals surface area contributed by atoms with E-state index >= 15 is 0 Å². The van der Waals surface area contributed by atoms with Crippen molar-refractivity contribution in [2.24, 2.45) is 0 Å². The second kappa shape index (κ2) is 19.2. The average Bonchev–Trinajstić information content (AvgIpc) is 2.78. The summed E-state index contributed by atoms with van der Waals surface area (Å²) in [6, 6.07) is 0. The zero-order valence-corrected chi connectivity index (χ0v) is 19.9. The van der Waals surface area contributed by atoms with Crippen LogP contribution >= 0.6 is 0 Å². The predicted molar refractivity (Wildman–Crippen MR) is 124 cm³/mol. The van der Waals surface area contributed by atoms with Crippen molar-refractivity contribution in [2.45, 2.75) is 147 Å². The van der Waals surface area contributed by atoms with Crippen LogP contribution in [0.4, 0.5) is 0 Å². The van der Waals surface area contributed by atoms with Gasteiger partial charge in [-0.1, -0.05) is 110 Å². The molecule has 0 aromatic rings. The highest BCUT2D eigenvalue weighted by molar-refractivity contribution is 4.88. The molecule has 0 bridgehead atoms. The number of hydrogen-bond donors (Lipinski definition) is 4. The van der Waals surface area contributed by atoms with E-state index in [-0.39, 0.29) is 0 Å². The van der Waals surface area contributed by atoms with Crippen LogP contribution in [0.1, 0.15) is 116 Å². The Morgan fingerprint density at radius 1 is 0.581 bits per heavy atom. The Bertz CT molecular complexity index is 392. The summed E-state index contributed by atoms with van der Waals surface area (Å²) < 4.78 is 10.8. The van der Waals surface area contributed by atoms with Crippen LogP contribution in [-0.2, 0) is 9.47 Å². The quantitative estimate of drug-likeness (QED) is 0.206. The molecule has 1 rings (SSSR count). The lowest BCUT2D eigenvalue weighted by molar-refractivity contribution is -0.301. The number of hydrogen-bond acceptors (Lipinski definition) is 6. The van der Waals surface area contributed by atoms with Crippen LogP contribution in [0.2, 0.25) is 0 Å². The van der Waals surface area contributed by atoms with Gasteiger partial charge in [-0.25, -0.2) is 0 Å². The lowest BCUT2D eigenvalue weighted by Crippen LogP contribution is -2.59. The minimum Gasteiger partial charge on any atom is -0.394 e. The number of aliphatic hydroxyl groups excluding tert-OH is 4. The molecule has 0 aromatic carbocycles. The molecule has 4 N–H and O–H groups in total. The molecule has 1 unspecified atom stereocenters. The summed E-state index contributed by atoms with van der Waals surface area (Å²) in [6.07, 6.45) is 16.4. The molecule has 1 heterocycles. The first-order valence-corrected chi connectivity index (χ1v) is 13.0. The van der Waals surface area contributed by atoms with Crippen molar-refractivity contribution in [1.82, 2.24) is 0 Å². The van der Waals surface area contributed by atoms with E-state index in [4.69, 9.17) is 9.47 Å². The summed E-state index contributed by atoms with van der Waals surface area (Å²) in [5.41, 5.74) is 0. The second-order valence-corrected chi connectivity index (χ2v) is 9.22. The van der Waals surface area contributed by atoms with Gasteiger partial charge < -0.3 is 29.9 Å². The van der Waals surface area contributed by atoms with Crippen molar-refractivity contribution in [3.05, 3.63) is 0 Å². The first kappa shape index (κ1) is 28.8. The summed E-state index contributed by atoms with van der Waals surface area (Å²) in [6.45, 7) is 2.28. The van der Waals surface area contributed by atoms with Gasteiger partial charge in [0.15, 0.2) is 6.29 Å². The lowest BCUT2D eigenvalue weighted by atomic mass is 9.99. The van der Waals surface area contributed by atoms with Crippen LogP contribution in [0.15, 0.2) is 0 Å². The summed E-state index contributed by atoms with van der Waals surface area (Å²) >= 11 is 0. The molecule has 0 aromatic heterocycles. The maximum Gasteiger partial charge on any atom is 0.186 e. The van der Waals surface area contributed by atoms with Crippen LogP contribution in [0, 0.1) is 0 Å². The van der Waals surface area contributed by atoms with Gasteiger partial charge in [0, 0.05) is 6.61 Å². The van der Waals surface area contributed by atoms with Gasteiger partial charge in [-0.15, -0.1) is 0 Å². The van der Waals surface area contributed by atoms with Gasteiger partial charge in [-0.2, -0.15) is 0 Å². The molecular formula is C25H50O6. The Morgan fingerprint density at radius 3 is 1.42 bits per heavy atom. The number of ether oxygens (including phenoxy) is 2. The summed E-state index contributed by atoms with van der Waals surface area (Å²) in [4.78, 5) is 0. The molecule has 5 atom stereocenters. The third-order valence-electron chi connectivity index (χ3n) is 6.38. The predicted octanol–water partition coefficient (Wildman–Crippen LogP) is 4.45. The molecule has 0 amide bonds. The van der Waals surface area contributed by atoms with E-state index in [1.807, 2.05) is 0 Å². The second-order valence-electron chi connectivity index (χ2n) is 9.22. The van der Waals surface area contributed by atoms with Gasteiger partial charge >= 0.3 is 0 Å². The Labute approximate surface area is 190 Å². The molecular weight excluding hydrogens is 396 g/mol. The molecule has 1 fully saturated rings. The van der Waals surface area contributed by atoms with Crippen molar-refractivity contribution in [3.63, 3.8) is 0 Å². The first-order chi connectivity index (χ1) is 15.1. The smallest absolute Gasteiger partial charge is 0.186 e. The molecule has 6 heteroatoms. The summed E-state index contributed by atoms with van der Waals surface area (Å²) in [5, 5.41) is 38.6. The fourth-order valence-corrected chi connectivity index (χ4v) is 4.23. The average molecular weight is 447 g/mol. The largest absolute Gasteiger partial charge is 0.394 e. The third-order valence-corrected chi connectivity index (χ3v) is 6.38. The zero-order chi connectivity index (χ0) is 22.7. The highest BCUT2D eigenvalue weighted by atomic mass is 16.7. The molecule has 0 aliphatic carbocycles. The molecule has 6 nitrogen and oxygen atoms in total. The van der Waals surface area contributed by atoms with Gasteiger partial charge in [0.25, 0.3) is 0 Å². The highest BCUT2D eigenvalue weighted by Crippen LogP contribution is 2.22. The van der Waals surface area contributed by atoms with Crippen molar-refractivity contribution < 1.29 is 29.9 Å². The molecule has 186 valence electrons. The van der Waals surface area contributed by atoms with E-state index in [0.717, 1.165) is 12.8 Å². The highest BCUT2D eigenvalue weighted by Gasteiger charge is 2.43. The van der Waals surface area contributed by atoms with E-state index in [0.29, 0.717) is 6.61 Å². The van der Waals surface area contributed by atoms with Crippen LogP contribution in [0.3, 0.4) is 0 Å². The Kier molecular flexibility index (Phi) is 17.9. The third kappa shape index (κ3) is 13.2. The van der Waals surface area contributed by atoms with Gasteiger partial charge in [-0.3, -0.25) is 0 Å². The fraction of sp³-hybridized carbons (Fsp3) is 1.00. The molecule has 0 saturated carbocycles. The van der Waals surface area contributed by atoms with Crippen molar-refractivity contribution in [1.29, 1.82) is 0 Å². The van der Waals surface area contributed by atoms with Crippen molar-refractivity contribution in [3.8, 4) is 0 Å². The van der Waals surface area contributed by atoms with Gasteiger partial charge in [0.1, 0.15) is 24.4 Å². The Hall–Kier alpha value is -0.240. The molecule has 31 heavy (non-hydrogen) atoms. The summed E-state index contributed by atoms with van der Waals surface area (Å²) in [5.74, 6) is 0. The number of unbranched alkanes of at least 4 members (excludes halogenated alkanes) is 16. The van der Waals surface area contributed by atoms with E-state index in [9.17, 15) is 20.4 Å². The maximum absolute atomic E-state index is 9.92. The minimum absolute atomic E-state index is 0.427. The lowest BCUT2D eigenvalue weighted by Gasteiger charge is -2.39.